The Morgan fingerprint density at radius 2 is 1.77 bits per heavy atom. The minimum atomic E-state index is -0.338. The third-order valence-electron chi connectivity index (χ3n) is 5.35. The van der Waals surface area contributed by atoms with Gasteiger partial charge in [-0.15, -0.1) is 0 Å². The number of hydrogen-bond donors (Lipinski definition) is 0. The summed E-state index contributed by atoms with van der Waals surface area (Å²) in [5.41, 5.74) is 3.12. The molecule has 1 aromatic heterocycles. The first kappa shape index (κ1) is 20.1. The molecule has 7 heteroatoms. The van der Waals surface area contributed by atoms with Crippen molar-refractivity contribution in [1.82, 2.24) is 4.90 Å². The maximum atomic E-state index is 12.1. The molecule has 0 amide bonds. The summed E-state index contributed by atoms with van der Waals surface area (Å²) in [6.07, 6.45) is 0.761. The zero-order chi connectivity index (χ0) is 21.3. The van der Waals surface area contributed by atoms with E-state index in [1.165, 1.54) is 0 Å². The van der Waals surface area contributed by atoms with Gasteiger partial charge in [0, 0.05) is 24.5 Å². The predicted molar refractivity (Wildman–Crippen MR) is 113 cm³/mol. The van der Waals surface area contributed by atoms with E-state index < -0.39 is 0 Å². The highest BCUT2D eigenvalue weighted by atomic mass is 16.5. The van der Waals surface area contributed by atoms with Crippen LogP contribution in [0.2, 0.25) is 0 Å². The molecule has 4 rings (SSSR count). The summed E-state index contributed by atoms with van der Waals surface area (Å²) in [4.78, 5) is 14.2. The van der Waals surface area contributed by atoms with Crippen LogP contribution in [0.25, 0.3) is 11.0 Å². The molecule has 0 unspecified atom stereocenters. The van der Waals surface area contributed by atoms with E-state index in [-0.39, 0.29) is 5.63 Å². The Hall–Kier alpha value is -3.19. The summed E-state index contributed by atoms with van der Waals surface area (Å²) in [5, 5.41) is 0.953. The summed E-state index contributed by atoms with van der Waals surface area (Å²) in [5.74, 6) is 2.52. The molecular formula is C23H25NO6. The first-order valence-electron chi connectivity index (χ1n) is 9.80. The number of methoxy groups -OCH3 is 3. The highest BCUT2D eigenvalue weighted by molar-refractivity contribution is 5.85. The molecular weight excluding hydrogens is 386 g/mol. The van der Waals surface area contributed by atoms with Gasteiger partial charge in [0.05, 0.1) is 26.9 Å². The first-order chi connectivity index (χ1) is 14.6. The summed E-state index contributed by atoms with van der Waals surface area (Å²) >= 11 is 0. The van der Waals surface area contributed by atoms with Crippen LogP contribution in [0.4, 0.5) is 0 Å². The zero-order valence-corrected chi connectivity index (χ0v) is 17.6. The maximum Gasteiger partial charge on any atom is 0.336 e. The Morgan fingerprint density at radius 1 is 1.03 bits per heavy atom. The van der Waals surface area contributed by atoms with Gasteiger partial charge in [0.15, 0.2) is 11.5 Å². The SMILES string of the molecule is CCc1cc(=O)oc2c3c(ccc12)OCN(Cc1cc(OC)c(OC)c(OC)c1)C3. The van der Waals surface area contributed by atoms with Crippen LogP contribution in [0.3, 0.4) is 0 Å². The molecule has 30 heavy (non-hydrogen) atoms. The lowest BCUT2D eigenvalue weighted by atomic mass is 10.0. The van der Waals surface area contributed by atoms with Crippen LogP contribution in [0.1, 0.15) is 23.6 Å². The van der Waals surface area contributed by atoms with Crippen LogP contribution in [-0.4, -0.2) is 33.0 Å². The highest BCUT2D eigenvalue weighted by Crippen LogP contribution is 2.39. The average Bonchev–Trinajstić information content (AvgIpc) is 2.77. The third-order valence-corrected chi connectivity index (χ3v) is 5.35. The van der Waals surface area contributed by atoms with Crippen molar-refractivity contribution >= 4 is 11.0 Å². The van der Waals surface area contributed by atoms with Gasteiger partial charge in [-0.3, -0.25) is 4.90 Å². The van der Waals surface area contributed by atoms with Crippen LogP contribution in [0.15, 0.2) is 39.5 Å². The van der Waals surface area contributed by atoms with Gasteiger partial charge in [0.1, 0.15) is 18.1 Å². The number of hydrogen-bond acceptors (Lipinski definition) is 7. The number of fused-ring (bicyclic) bond motifs is 3. The van der Waals surface area contributed by atoms with Gasteiger partial charge in [-0.25, -0.2) is 4.79 Å². The topological polar surface area (TPSA) is 70.4 Å². The fourth-order valence-electron chi connectivity index (χ4n) is 3.92. The van der Waals surface area contributed by atoms with Crippen molar-refractivity contribution in [3.63, 3.8) is 0 Å². The van der Waals surface area contributed by atoms with Gasteiger partial charge in [0.25, 0.3) is 0 Å². The Kier molecular flexibility index (Phi) is 5.55. The van der Waals surface area contributed by atoms with Crippen LogP contribution in [0, 0.1) is 0 Å². The number of aryl methyl sites for hydroxylation is 1. The van der Waals surface area contributed by atoms with Gasteiger partial charge < -0.3 is 23.4 Å². The monoisotopic (exact) mass is 411 g/mol. The molecule has 3 aromatic rings. The van der Waals surface area contributed by atoms with Crippen LogP contribution >= 0.6 is 0 Å². The Morgan fingerprint density at radius 3 is 2.40 bits per heavy atom. The largest absolute Gasteiger partial charge is 0.493 e. The molecule has 0 radical (unpaired) electrons. The second kappa shape index (κ2) is 8.28. The molecule has 158 valence electrons. The molecule has 0 aliphatic carbocycles. The molecule has 0 saturated heterocycles. The summed E-state index contributed by atoms with van der Waals surface area (Å²) in [6.45, 7) is 3.65. The molecule has 2 heterocycles. The Bertz CT molecular complexity index is 1110. The van der Waals surface area contributed by atoms with Crippen molar-refractivity contribution in [2.24, 2.45) is 0 Å². The summed E-state index contributed by atoms with van der Waals surface area (Å²) < 4.78 is 27.9. The molecule has 0 bridgehead atoms. The lowest BCUT2D eigenvalue weighted by molar-refractivity contribution is 0.0888. The summed E-state index contributed by atoms with van der Waals surface area (Å²) in [6, 6.07) is 9.33. The van der Waals surface area contributed by atoms with E-state index >= 15 is 0 Å². The second-order valence-electron chi connectivity index (χ2n) is 7.16. The molecule has 1 aliphatic rings. The molecule has 0 N–H and O–H groups in total. The summed E-state index contributed by atoms with van der Waals surface area (Å²) in [7, 11) is 4.78. The van der Waals surface area contributed by atoms with E-state index in [0.717, 1.165) is 34.2 Å². The van der Waals surface area contributed by atoms with E-state index in [9.17, 15) is 4.79 Å². The van der Waals surface area contributed by atoms with Gasteiger partial charge in [0.2, 0.25) is 5.75 Å². The lowest BCUT2D eigenvalue weighted by Crippen LogP contribution is -2.31. The van der Waals surface area contributed by atoms with E-state index in [0.29, 0.717) is 42.7 Å². The fraction of sp³-hybridized carbons (Fsp3) is 0.348. The molecule has 2 aromatic carbocycles. The highest BCUT2D eigenvalue weighted by Gasteiger charge is 2.23. The number of ether oxygens (including phenoxy) is 4. The average molecular weight is 411 g/mol. The van der Waals surface area contributed by atoms with Crippen LogP contribution in [-0.2, 0) is 19.5 Å². The normalized spacial score (nSPS) is 13.6. The molecule has 0 spiro atoms. The molecule has 1 aliphatic heterocycles. The zero-order valence-electron chi connectivity index (χ0n) is 17.6. The van der Waals surface area contributed by atoms with E-state index in [1.54, 1.807) is 27.4 Å². The van der Waals surface area contributed by atoms with Gasteiger partial charge in [-0.1, -0.05) is 6.92 Å². The predicted octanol–water partition coefficient (Wildman–Crippen LogP) is 3.73. The standard InChI is InChI=1S/C23H25NO6/c1-5-15-10-21(25)30-22-16(15)6-7-18-17(22)12-24(13-29-18)11-14-8-19(26-2)23(28-4)20(9-14)27-3/h6-10H,5,11-13H2,1-4H3. The first-order valence-corrected chi connectivity index (χ1v) is 9.80. The second-order valence-corrected chi connectivity index (χ2v) is 7.16. The fourth-order valence-corrected chi connectivity index (χ4v) is 3.92. The molecule has 7 nitrogen and oxygen atoms in total. The van der Waals surface area contributed by atoms with Crippen molar-refractivity contribution in [3.8, 4) is 23.0 Å². The van der Waals surface area contributed by atoms with Gasteiger partial charge >= 0.3 is 5.63 Å². The van der Waals surface area contributed by atoms with Crippen molar-refractivity contribution in [2.45, 2.75) is 26.4 Å². The lowest BCUT2D eigenvalue weighted by Gasteiger charge is -2.29. The quantitative estimate of drug-likeness (QED) is 0.573. The third kappa shape index (κ3) is 3.57. The van der Waals surface area contributed by atoms with E-state index in [4.69, 9.17) is 23.4 Å². The minimum absolute atomic E-state index is 0.338. The van der Waals surface area contributed by atoms with Crippen molar-refractivity contribution in [2.75, 3.05) is 28.1 Å². The van der Waals surface area contributed by atoms with E-state index in [2.05, 4.69) is 4.90 Å². The molecule has 0 atom stereocenters. The van der Waals surface area contributed by atoms with E-state index in [1.807, 2.05) is 31.2 Å². The van der Waals surface area contributed by atoms with Crippen molar-refractivity contribution in [3.05, 3.63) is 57.4 Å². The van der Waals surface area contributed by atoms with Crippen LogP contribution in [0.5, 0.6) is 23.0 Å². The number of nitrogens with zero attached hydrogens (tertiary/aromatic N) is 1. The van der Waals surface area contributed by atoms with Crippen molar-refractivity contribution < 1.29 is 23.4 Å². The smallest absolute Gasteiger partial charge is 0.336 e. The molecule has 0 fully saturated rings. The van der Waals surface area contributed by atoms with Crippen molar-refractivity contribution in [1.29, 1.82) is 0 Å². The van der Waals surface area contributed by atoms with Gasteiger partial charge in [-0.2, -0.15) is 0 Å². The minimum Gasteiger partial charge on any atom is -0.493 e. The Balaban J connectivity index is 1.68. The van der Waals surface area contributed by atoms with Gasteiger partial charge in [-0.05, 0) is 41.8 Å². The number of rotatable bonds is 6. The Labute approximate surface area is 174 Å². The number of benzene rings is 2. The maximum absolute atomic E-state index is 12.1. The molecule has 0 saturated carbocycles. The van der Waals surface area contributed by atoms with Crippen LogP contribution < -0.4 is 24.6 Å².